The fraction of sp³-hybridized carbons (Fsp3) is 0.625. The molecular formula is C16H23ClN2O2. The predicted molar refractivity (Wildman–Crippen MR) is 83.6 cm³/mol. The molecule has 0 aliphatic heterocycles. The lowest BCUT2D eigenvalue weighted by Crippen LogP contribution is -2.42. The van der Waals surface area contributed by atoms with Crippen molar-refractivity contribution < 1.29 is 9.90 Å². The van der Waals surface area contributed by atoms with Crippen LogP contribution in [0.15, 0.2) is 12.1 Å². The Hall–Kier alpha value is -1.13. The van der Waals surface area contributed by atoms with Gasteiger partial charge in [0, 0.05) is 24.8 Å². The Labute approximate surface area is 131 Å². The lowest BCUT2D eigenvalue weighted by molar-refractivity contribution is 0.0156. The summed E-state index contributed by atoms with van der Waals surface area (Å²) in [5, 5.41) is 10.8. The molecule has 1 aromatic heterocycles. The Balaban J connectivity index is 2.11. The van der Waals surface area contributed by atoms with Gasteiger partial charge in [-0.1, -0.05) is 37.8 Å². The predicted octanol–water partition coefficient (Wildman–Crippen LogP) is 3.06. The number of hydrogen-bond acceptors (Lipinski definition) is 3. The van der Waals surface area contributed by atoms with Crippen molar-refractivity contribution in [2.45, 2.75) is 51.0 Å². The van der Waals surface area contributed by atoms with Crippen LogP contribution in [0.5, 0.6) is 0 Å². The van der Waals surface area contributed by atoms with Crippen molar-refractivity contribution >= 4 is 17.5 Å². The van der Waals surface area contributed by atoms with Crippen LogP contribution < -0.4 is 0 Å². The van der Waals surface area contributed by atoms with E-state index in [2.05, 4.69) is 11.9 Å². The van der Waals surface area contributed by atoms with Gasteiger partial charge in [0.25, 0.3) is 5.91 Å². The fourth-order valence-electron chi connectivity index (χ4n) is 2.98. The van der Waals surface area contributed by atoms with Crippen molar-refractivity contribution in [3.8, 4) is 0 Å². The van der Waals surface area contributed by atoms with Gasteiger partial charge in [0.2, 0.25) is 0 Å². The second kappa shape index (κ2) is 6.75. The Morgan fingerprint density at radius 1 is 1.43 bits per heavy atom. The summed E-state index contributed by atoms with van der Waals surface area (Å²) in [6.07, 6.45) is 5.34. The first-order valence-electron chi connectivity index (χ1n) is 7.58. The molecule has 0 unspecified atom stereocenters. The van der Waals surface area contributed by atoms with Crippen LogP contribution in [-0.4, -0.2) is 40.1 Å². The normalized spacial score (nSPS) is 17.0. The zero-order valence-electron chi connectivity index (χ0n) is 12.7. The average molecular weight is 311 g/mol. The highest BCUT2D eigenvalue weighted by Crippen LogP contribution is 2.30. The summed E-state index contributed by atoms with van der Waals surface area (Å²) in [6.45, 7) is 2.43. The molecule has 0 bridgehead atoms. The van der Waals surface area contributed by atoms with E-state index in [1.165, 1.54) is 0 Å². The standard InChI is InChI=1S/C16H23ClN2O2/c1-3-6-13-9-12(10-14(17)18-13)15(20)19(2)11-16(21)7-4-5-8-16/h9-10,21H,3-8,11H2,1-2H3. The second-order valence-corrected chi connectivity index (χ2v) is 6.40. The summed E-state index contributed by atoms with van der Waals surface area (Å²) >= 11 is 6.00. The molecule has 0 saturated heterocycles. The number of rotatable bonds is 5. The summed E-state index contributed by atoms with van der Waals surface area (Å²) in [5.41, 5.74) is 0.650. The van der Waals surface area contributed by atoms with Gasteiger partial charge < -0.3 is 10.0 Å². The molecule has 2 rings (SSSR count). The highest BCUT2D eigenvalue weighted by molar-refractivity contribution is 6.29. The minimum Gasteiger partial charge on any atom is -0.388 e. The van der Waals surface area contributed by atoms with Crippen LogP contribution in [0, 0.1) is 0 Å². The van der Waals surface area contributed by atoms with Gasteiger partial charge in [-0.25, -0.2) is 4.98 Å². The number of pyridine rings is 1. The van der Waals surface area contributed by atoms with Gasteiger partial charge >= 0.3 is 0 Å². The first-order chi connectivity index (χ1) is 9.93. The van der Waals surface area contributed by atoms with Crippen LogP contribution in [0.25, 0.3) is 0 Å². The minimum absolute atomic E-state index is 0.114. The van der Waals surface area contributed by atoms with Crippen molar-refractivity contribution in [1.29, 1.82) is 0 Å². The number of hydrogen-bond donors (Lipinski definition) is 1. The number of carbonyl (C=O) groups excluding carboxylic acids is 1. The largest absolute Gasteiger partial charge is 0.388 e. The molecule has 1 heterocycles. The maximum atomic E-state index is 12.5. The lowest BCUT2D eigenvalue weighted by Gasteiger charge is -2.28. The average Bonchev–Trinajstić information content (AvgIpc) is 2.84. The third-order valence-corrected chi connectivity index (χ3v) is 4.21. The Bertz CT molecular complexity index is 513. The molecule has 1 amide bonds. The minimum atomic E-state index is -0.729. The van der Waals surface area contributed by atoms with Gasteiger partial charge in [-0.2, -0.15) is 0 Å². The van der Waals surface area contributed by atoms with Gasteiger partial charge in [-0.05, 0) is 31.4 Å². The summed E-state index contributed by atoms with van der Waals surface area (Å²) in [6, 6.07) is 3.39. The molecule has 1 aliphatic carbocycles. The third-order valence-electron chi connectivity index (χ3n) is 4.01. The molecule has 0 aromatic carbocycles. The van der Waals surface area contributed by atoms with Crippen LogP contribution in [0.2, 0.25) is 5.15 Å². The smallest absolute Gasteiger partial charge is 0.253 e. The van der Waals surface area contributed by atoms with Gasteiger partial charge in [-0.3, -0.25) is 4.79 Å². The van der Waals surface area contributed by atoms with E-state index >= 15 is 0 Å². The molecular weight excluding hydrogens is 288 g/mol. The van der Waals surface area contributed by atoms with Gasteiger partial charge in [0.1, 0.15) is 5.15 Å². The first-order valence-corrected chi connectivity index (χ1v) is 7.95. The third kappa shape index (κ3) is 4.17. The topological polar surface area (TPSA) is 53.4 Å². The molecule has 4 nitrogen and oxygen atoms in total. The number of halogens is 1. The van der Waals surface area contributed by atoms with Crippen molar-refractivity contribution in [3.05, 3.63) is 28.5 Å². The van der Waals surface area contributed by atoms with E-state index in [4.69, 9.17) is 11.6 Å². The summed E-state index contributed by atoms with van der Waals surface area (Å²) in [4.78, 5) is 18.3. The Morgan fingerprint density at radius 3 is 2.71 bits per heavy atom. The number of nitrogens with zero attached hydrogens (tertiary/aromatic N) is 2. The molecule has 1 N–H and O–H groups in total. The number of aliphatic hydroxyl groups is 1. The molecule has 1 aliphatic rings. The summed E-state index contributed by atoms with van der Waals surface area (Å²) in [7, 11) is 1.73. The molecule has 0 spiro atoms. The zero-order valence-corrected chi connectivity index (χ0v) is 13.5. The van der Waals surface area contributed by atoms with E-state index in [1.807, 2.05) is 0 Å². The first kappa shape index (κ1) is 16.2. The molecule has 1 fully saturated rings. The van der Waals surface area contributed by atoms with Crippen molar-refractivity contribution in [2.75, 3.05) is 13.6 Å². The monoisotopic (exact) mass is 310 g/mol. The van der Waals surface area contributed by atoms with E-state index in [0.29, 0.717) is 17.3 Å². The van der Waals surface area contributed by atoms with Crippen LogP contribution in [0.4, 0.5) is 0 Å². The second-order valence-electron chi connectivity index (χ2n) is 6.01. The summed E-state index contributed by atoms with van der Waals surface area (Å²) < 4.78 is 0. The molecule has 1 aromatic rings. The summed E-state index contributed by atoms with van der Waals surface area (Å²) in [5.74, 6) is -0.114. The van der Waals surface area contributed by atoms with E-state index in [1.54, 1.807) is 24.1 Å². The molecule has 1 saturated carbocycles. The zero-order chi connectivity index (χ0) is 15.5. The van der Waals surface area contributed by atoms with E-state index < -0.39 is 5.60 Å². The van der Waals surface area contributed by atoms with Crippen molar-refractivity contribution in [3.63, 3.8) is 0 Å². The highest BCUT2D eigenvalue weighted by Gasteiger charge is 2.33. The molecule has 5 heteroatoms. The van der Waals surface area contributed by atoms with Gasteiger partial charge in [0.05, 0.1) is 5.60 Å². The Morgan fingerprint density at radius 2 is 2.10 bits per heavy atom. The fourth-order valence-corrected chi connectivity index (χ4v) is 3.21. The van der Waals surface area contributed by atoms with Crippen molar-refractivity contribution in [2.24, 2.45) is 0 Å². The number of aromatic nitrogens is 1. The quantitative estimate of drug-likeness (QED) is 0.850. The molecule has 116 valence electrons. The van der Waals surface area contributed by atoms with E-state index in [-0.39, 0.29) is 5.91 Å². The van der Waals surface area contributed by atoms with Crippen LogP contribution in [-0.2, 0) is 6.42 Å². The van der Waals surface area contributed by atoms with Crippen LogP contribution in [0.3, 0.4) is 0 Å². The van der Waals surface area contributed by atoms with Crippen molar-refractivity contribution in [1.82, 2.24) is 9.88 Å². The molecule has 0 atom stereocenters. The van der Waals surface area contributed by atoms with E-state index in [0.717, 1.165) is 44.2 Å². The maximum Gasteiger partial charge on any atom is 0.253 e. The SMILES string of the molecule is CCCc1cc(C(=O)N(C)CC2(O)CCCC2)cc(Cl)n1. The Kier molecular flexibility index (Phi) is 5.22. The lowest BCUT2D eigenvalue weighted by atomic mass is 10.0. The van der Waals surface area contributed by atoms with Gasteiger partial charge in [0.15, 0.2) is 0 Å². The number of aryl methyl sites for hydroxylation is 1. The number of carbonyl (C=O) groups is 1. The van der Waals surface area contributed by atoms with Gasteiger partial charge in [-0.15, -0.1) is 0 Å². The number of amides is 1. The van der Waals surface area contributed by atoms with Crippen LogP contribution in [0.1, 0.15) is 55.1 Å². The molecule has 0 radical (unpaired) electrons. The van der Waals surface area contributed by atoms with Crippen LogP contribution >= 0.6 is 11.6 Å². The maximum absolute atomic E-state index is 12.5. The molecule has 21 heavy (non-hydrogen) atoms. The number of likely N-dealkylation sites (N-methyl/N-ethyl adjacent to an activating group) is 1. The highest BCUT2D eigenvalue weighted by atomic mass is 35.5. The van der Waals surface area contributed by atoms with E-state index in [9.17, 15) is 9.90 Å².